The lowest BCUT2D eigenvalue weighted by atomic mass is 9.47. The number of allylic oxidation sites excluding steroid dienone is 1. The van der Waals surface area contributed by atoms with Gasteiger partial charge in [-0.25, -0.2) is 0 Å². The standard InChI is InChI=1S/C49H77N2O5/c1-33(2)14-13-15-34(3)41-21-22-42-40-20-18-36-28-39(23-25-48(36,8)43(40)24-26-49(41,42)9)56-45(53)16-11-10-12-27-55-38-19-17-35(44(52)29-38)32-50-37-30-46(4,5)51(54)47(6,7)31-37/h17-19,29,32-34,37,39-43,52H,10-16,20-28,30-31H2,1-9H3/t34-,39?,40+,41-,42+,43+,48+,49-/m1/s1. The third-order valence-electron chi connectivity index (χ3n) is 15.8. The summed E-state index contributed by atoms with van der Waals surface area (Å²) in [6.45, 7) is 20.9. The number of carbonyl (C=O) groups is 1. The fraction of sp³-hybridized carbons (Fsp3) is 0.796. The third kappa shape index (κ3) is 9.40. The summed E-state index contributed by atoms with van der Waals surface area (Å²) < 4.78 is 12.0. The van der Waals surface area contributed by atoms with Crippen molar-refractivity contribution in [3.05, 3.63) is 35.4 Å². The van der Waals surface area contributed by atoms with Gasteiger partial charge >= 0.3 is 5.97 Å². The normalized spacial score (nSPS) is 33.4. The van der Waals surface area contributed by atoms with E-state index in [0.29, 0.717) is 42.6 Å². The molecule has 1 aromatic rings. The van der Waals surface area contributed by atoms with Crippen LogP contribution in [0.3, 0.4) is 0 Å². The Morgan fingerprint density at radius 2 is 1.68 bits per heavy atom. The van der Waals surface area contributed by atoms with Crippen molar-refractivity contribution >= 4 is 12.2 Å². The second-order valence-corrected chi connectivity index (χ2v) is 21.3. The summed E-state index contributed by atoms with van der Waals surface area (Å²) in [4.78, 5) is 17.7. The molecule has 1 unspecified atom stereocenters. The third-order valence-corrected chi connectivity index (χ3v) is 15.8. The average molecular weight is 774 g/mol. The van der Waals surface area contributed by atoms with E-state index >= 15 is 0 Å². The zero-order valence-corrected chi connectivity index (χ0v) is 36.7. The van der Waals surface area contributed by atoms with E-state index in [-0.39, 0.29) is 29.3 Å². The number of aromatic hydroxyl groups is 1. The first kappa shape index (κ1) is 43.2. The Labute approximate surface area is 340 Å². The van der Waals surface area contributed by atoms with Gasteiger partial charge in [0.2, 0.25) is 0 Å². The number of unbranched alkanes of at least 4 members (excludes halogenated alkanes) is 2. The molecule has 0 aromatic heterocycles. The van der Waals surface area contributed by atoms with Gasteiger partial charge in [-0.2, -0.15) is 0 Å². The first-order valence-corrected chi connectivity index (χ1v) is 22.8. The van der Waals surface area contributed by atoms with E-state index in [2.05, 4.69) is 40.7 Å². The highest BCUT2D eigenvalue weighted by Crippen LogP contribution is 2.67. The van der Waals surface area contributed by atoms with Crippen LogP contribution in [0.2, 0.25) is 0 Å². The number of hydroxylamine groups is 2. The van der Waals surface area contributed by atoms with Crippen LogP contribution < -0.4 is 4.74 Å². The zero-order chi connectivity index (χ0) is 40.5. The largest absolute Gasteiger partial charge is 0.507 e. The molecule has 1 aromatic carbocycles. The maximum atomic E-state index is 13.0. The Morgan fingerprint density at radius 3 is 2.39 bits per heavy atom. The number of benzene rings is 1. The SMILES string of the molecule is CC(C)CCC[C@@H](C)[C@H]1CC[C@H]2[C@@H]3CC=C4CC(OC(=O)CCCCCOc5ccc(C=NC6CC(C)(C)N([O])C(C)(C)C6)c(O)c5)CC[C@]4(C)[C@H]3CC[C@]12C. The highest BCUT2D eigenvalue weighted by atomic mass is 16.5. The van der Waals surface area contributed by atoms with E-state index in [1.165, 1.54) is 56.4 Å². The van der Waals surface area contributed by atoms with Crippen molar-refractivity contribution in [2.75, 3.05) is 6.61 Å². The van der Waals surface area contributed by atoms with Gasteiger partial charge in [-0.3, -0.25) is 9.79 Å². The lowest BCUT2D eigenvalue weighted by Crippen LogP contribution is -2.59. The Bertz CT molecular complexity index is 1550. The number of fused-ring (bicyclic) bond motifs is 5. The van der Waals surface area contributed by atoms with Crippen LogP contribution in [0.5, 0.6) is 11.5 Å². The van der Waals surface area contributed by atoms with Crippen molar-refractivity contribution in [1.29, 1.82) is 0 Å². The van der Waals surface area contributed by atoms with Crippen molar-refractivity contribution in [2.24, 2.45) is 51.3 Å². The van der Waals surface area contributed by atoms with Crippen LogP contribution in [0.25, 0.3) is 0 Å². The van der Waals surface area contributed by atoms with E-state index in [1.807, 2.05) is 39.8 Å². The molecule has 7 nitrogen and oxygen atoms in total. The summed E-state index contributed by atoms with van der Waals surface area (Å²) in [5.41, 5.74) is 2.04. The molecule has 7 heteroatoms. The molecular weight excluding hydrogens is 697 g/mol. The number of hydrogen-bond acceptors (Lipinski definition) is 6. The van der Waals surface area contributed by atoms with E-state index < -0.39 is 11.1 Å². The quantitative estimate of drug-likeness (QED) is 0.0829. The Kier molecular flexibility index (Phi) is 13.5. The average Bonchev–Trinajstić information content (AvgIpc) is 3.48. The fourth-order valence-corrected chi connectivity index (χ4v) is 13.0. The summed E-state index contributed by atoms with van der Waals surface area (Å²) in [7, 11) is 0. The lowest BCUT2D eigenvalue weighted by Gasteiger charge is -2.58. The number of nitrogens with zero attached hydrogens (tertiary/aromatic N) is 2. The number of aliphatic imine (C=N–C) groups is 1. The van der Waals surface area contributed by atoms with Gasteiger partial charge in [0, 0.05) is 41.8 Å². The molecule has 8 atom stereocenters. The number of phenols is 1. The minimum Gasteiger partial charge on any atom is -0.507 e. The molecule has 6 rings (SSSR count). The summed E-state index contributed by atoms with van der Waals surface area (Å²) in [6, 6.07) is 5.34. The number of hydrogen-bond donors (Lipinski definition) is 1. The molecule has 0 bridgehead atoms. The number of ether oxygens (including phenoxy) is 2. The minimum atomic E-state index is -0.484. The summed E-state index contributed by atoms with van der Waals surface area (Å²) >= 11 is 0. The predicted octanol–water partition coefficient (Wildman–Crippen LogP) is 12.1. The molecule has 56 heavy (non-hydrogen) atoms. The molecular formula is C49H77N2O5. The van der Waals surface area contributed by atoms with Crippen LogP contribution in [0.15, 0.2) is 34.8 Å². The Morgan fingerprint density at radius 1 is 0.929 bits per heavy atom. The number of piperidine rings is 1. The van der Waals surface area contributed by atoms with Crippen molar-refractivity contribution in [3.8, 4) is 11.5 Å². The molecule has 1 N–H and O–H groups in total. The zero-order valence-electron chi connectivity index (χ0n) is 36.7. The van der Waals surface area contributed by atoms with Crippen LogP contribution in [-0.4, -0.2) is 52.2 Å². The van der Waals surface area contributed by atoms with E-state index in [9.17, 15) is 15.1 Å². The molecule has 5 aliphatic rings. The van der Waals surface area contributed by atoms with Gasteiger partial charge in [-0.05, 0) is 163 Å². The maximum absolute atomic E-state index is 13.0. The van der Waals surface area contributed by atoms with Crippen LogP contribution in [0, 0.1) is 46.3 Å². The first-order chi connectivity index (χ1) is 26.4. The van der Waals surface area contributed by atoms with Gasteiger partial charge in [-0.1, -0.05) is 65.5 Å². The van der Waals surface area contributed by atoms with E-state index in [4.69, 9.17) is 14.5 Å². The summed E-state index contributed by atoms with van der Waals surface area (Å²) in [5, 5.41) is 24.5. The van der Waals surface area contributed by atoms with E-state index in [0.717, 1.165) is 74.0 Å². The van der Waals surface area contributed by atoms with Crippen LogP contribution >= 0.6 is 0 Å². The number of phenolic OH excluding ortho intramolecular Hbond substituents is 1. The number of esters is 1. The van der Waals surface area contributed by atoms with Gasteiger partial charge < -0.3 is 14.6 Å². The molecule has 1 saturated heterocycles. The Balaban J connectivity index is 0.898. The van der Waals surface area contributed by atoms with Crippen molar-refractivity contribution in [1.82, 2.24) is 5.06 Å². The van der Waals surface area contributed by atoms with Crippen molar-refractivity contribution < 1.29 is 24.6 Å². The van der Waals surface area contributed by atoms with Gasteiger partial charge in [0.15, 0.2) is 0 Å². The van der Waals surface area contributed by atoms with Crippen molar-refractivity contribution in [3.63, 3.8) is 0 Å². The van der Waals surface area contributed by atoms with Crippen LogP contribution in [0.4, 0.5) is 0 Å². The lowest BCUT2D eigenvalue weighted by molar-refractivity contribution is -0.288. The van der Waals surface area contributed by atoms with E-state index in [1.54, 1.807) is 17.9 Å². The summed E-state index contributed by atoms with van der Waals surface area (Å²) in [5.74, 6) is 5.71. The first-order valence-electron chi connectivity index (χ1n) is 22.8. The highest BCUT2D eigenvalue weighted by Gasteiger charge is 2.59. The molecule has 1 radical (unpaired) electrons. The Hall–Kier alpha value is -2.38. The molecule has 1 heterocycles. The molecule has 0 amide bonds. The van der Waals surface area contributed by atoms with Crippen LogP contribution in [-0.2, 0) is 14.7 Å². The monoisotopic (exact) mass is 774 g/mol. The molecule has 4 aliphatic carbocycles. The molecule has 3 saturated carbocycles. The molecule has 1 aliphatic heterocycles. The smallest absolute Gasteiger partial charge is 0.306 e. The van der Waals surface area contributed by atoms with Gasteiger partial charge in [0.1, 0.15) is 17.6 Å². The minimum absolute atomic E-state index is 0.0170. The predicted molar refractivity (Wildman–Crippen MR) is 226 cm³/mol. The second kappa shape index (κ2) is 17.5. The van der Waals surface area contributed by atoms with Gasteiger partial charge in [-0.15, -0.1) is 10.3 Å². The molecule has 4 fully saturated rings. The number of rotatable bonds is 15. The van der Waals surface area contributed by atoms with Gasteiger partial charge in [0.05, 0.1) is 12.6 Å². The molecule has 313 valence electrons. The topological polar surface area (TPSA) is 91.3 Å². The second-order valence-electron chi connectivity index (χ2n) is 21.3. The fourth-order valence-electron chi connectivity index (χ4n) is 13.0. The van der Waals surface area contributed by atoms with Gasteiger partial charge in [0.25, 0.3) is 0 Å². The maximum Gasteiger partial charge on any atom is 0.306 e. The summed E-state index contributed by atoms with van der Waals surface area (Å²) in [6.07, 6.45) is 22.7. The van der Waals surface area contributed by atoms with Crippen LogP contribution in [0.1, 0.15) is 177 Å². The number of carbonyl (C=O) groups excluding carboxylic acids is 1. The van der Waals surface area contributed by atoms with Crippen molar-refractivity contribution in [2.45, 2.75) is 195 Å². The molecule has 0 spiro atoms. The highest BCUT2D eigenvalue weighted by molar-refractivity contribution is 5.83.